The summed E-state index contributed by atoms with van der Waals surface area (Å²) in [6.07, 6.45) is 5.42. The van der Waals surface area contributed by atoms with Gasteiger partial charge in [0.15, 0.2) is 0 Å². The second kappa shape index (κ2) is 5.75. The van der Waals surface area contributed by atoms with Gasteiger partial charge in [0.25, 0.3) is 5.91 Å². The molecule has 1 fully saturated rings. The molecule has 20 heavy (non-hydrogen) atoms. The molecule has 1 aromatic heterocycles. The summed E-state index contributed by atoms with van der Waals surface area (Å²) in [5.74, 6) is 1.09. The van der Waals surface area contributed by atoms with E-state index in [9.17, 15) is 4.79 Å². The van der Waals surface area contributed by atoms with E-state index >= 15 is 0 Å². The van der Waals surface area contributed by atoms with E-state index in [4.69, 9.17) is 11.6 Å². The lowest BCUT2D eigenvalue weighted by molar-refractivity contribution is 0.0685. The summed E-state index contributed by atoms with van der Waals surface area (Å²) in [6.45, 7) is 1.56. The normalized spacial score (nSPS) is 19.2. The number of alkyl halides is 1. The van der Waals surface area contributed by atoms with Crippen LogP contribution in [0, 0.1) is 5.92 Å². The number of likely N-dealkylation sites (tertiary alicyclic amines) is 1. The van der Waals surface area contributed by atoms with Gasteiger partial charge in [0.05, 0.1) is 11.0 Å². The predicted molar refractivity (Wildman–Crippen MR) is 78.9 cm³/mol. The highest BCUT2D eigenvalue weighted by atomic mass is 35.5. The Hall–Kier alpha value is -1.68. The molecule has 0 N–H and O–H groups in total. The summed E-state index contributed by atoms with van der Waals surface area (Å²) in [4.78, 5) is 22.9. The van der Waals surface area contributed by atoms with Crippen LogP contribution in [0.3, 0.4) is 0 Å². The second-order valence-corrected chi connectivity index (χ2v) is 5.48. The van der Waals surface area contributed by atoms with Gasteiger partial charge >= 0.3 is 0 Å². The Morgan fingerprint density at radius 2 is 2.10 bits per heavy atom. The SMILES string of the molecule is O=C(c1ccc2nccnc2c1)N1CCCC(CCl)C1. The van der Waals surface area contributed by atoms with Gasteiger partial charge in [-0.1, -0.05) is 0 Å². The largest absolute Gasteiger partial charge is 0.338 e. The molecule has 2 aromatic rings. The fourth-order valence-corrected chi connectivity index (χ4v) is 2.91. The highest BCUT2D eigenvalue weighted by Crippen LogP contribution is 2.20. The van der Waals surface area contributed by atoms with Crippen molar-refractivity contribution in [3.05, 3.63) is 36.2 Å². The van der Waals surface area contributed by atoms with Crippen LogP contribution >= 0.6 is 11.6 Å². The first kappa shape index (κ1) is 13.3. The molecule has 1 aliphatic rings. The minimum Gasteiger partial charge on any atom is -0.338 e. The monoisotopic (exact) mass is 289 g/mol. The molecule has 0 aliphatic carbocycles. The van der Waals surface area contributed by atoms with Crippen molar-refractivity contribution >= 4 is 28.5 Å². The fourth-order valence-electron chi connectivity index (χ4n) is 2.65. The smallest absolute Gasteiger partial charge is 0.253 e. The van der Waals surface area contributed by atoms with Crippen LogP contribution in [0.5, 0.6) is 0 Å². The number of carbonyl (C=O) groups excluding carboxylic acids is 1. The summed E-state index contributed by atoms with van der Waals surface area (Å²) < 4.78 is 0. The van der Waals surface area contributed by atoms with E-state index in [1.165, 1.54) is 0 Å². The van der Waals surface area contributed by atoms with Crippen LogP contribution in [-0.4, -0.2) is 39.7 Å². The Labute approximate surface area is 122 Å². The summed E-state index contributed by atoms with van der Waals surface area (Å²) in [6, 6.07) is 5.48. The van der Waals surface area contributed by atoms with Crippen molar-refractivity contribution in [3.63, 3.8) is 0 Å². The molecule has 1 amide bonds. The number of benzene rings is 1. The Morgan fingerprint density at radius 1 is 1.30 bits per heavy atom. The molecule has 4 nitrogen and oxygen atoms in total. The molecule has 0 radical (unpaired) electrons. The quantitative estimate of drug-likeness (QED) is 0.799. The van der Waals surface area contributed by atoms with Crippen molar-refractivity contribution in [3.8, 4) is 0 Å². The molecule has 1 atom stereocenters. The van der Waals surface area contributed by atoms with Gasteiger partial charge < -0.3 is 4.90 Å². The Balaban J connectivity index is 1.84. The first-order valence-corrected chi connectivity index (χ1v) is 7.37. The zero-order chi connectivity index (χ0) is 13.9. The van der Waals surface area contributed by atoms with Crippen LogP contribution in [0.15, 0.2) is 30.6 Å². The summed E-state index contributed by atoms with van der Waals surface area (Å²) >= 11 is 5.92. The van der Waals surface area contributed by atoms with Crippen molar-refractivity contribution in [2.75, 3.05) is 19.0 Å². The number of carbonyl (C=O) groups is 1. The van der Waals surface area contributed by atoms with Gasteiger partial charge in [0, 0.05) is 36.9 Å². The molecule has 1 saturated heterocycles. The fraction of sp³-hybridized carbons (Fsp3) is 0.400. The van der Waals surface area contributed by atoms with Crippen LogP contribution in [0.2, 0.25) is 0 Å². The summed E-state index contributed by atoms with van der Waals surface area (Å²) in [5.41, 5.74) is 2.24. The molecule has 104 valence electrons. The maximum atomic E-state index is 12.5. The first-order valence-electron chi connectivity index (χ1n) is 6.84. The van der Waals surface area contributed by atoms with Gasteiger partial charge in [-0.2, -0.15) is 0 Å². The molecule has 1 unspecified atom stereocenters. The Morgan fingerprint density at radius 3 is 2.90 bits per heavy atom. The Kier molecular flexibility index (Phi) is 3.83. The van der Waals surface area contributed by atoms with E-state index in [0.717, 1.165) is 37.0 Å². The number of hydrogen-bond acceptors (Lipinski definition) is 3. The van der Waals surface area contributed by atoms with Crippen LogP contribution < -0.4 is 0 Å². The van der Waals surface area contributed by atoms with E-state index in [1.54, 1.807) is 12.4 Å². The maximum absolute atomic E-state index is 12.5. The molecule has 0 spiro atoms. The molecule has 0 bridgehead atoms. The number of aromatic nitrogens is 2. The highest BCUT2D eigenvalue weighted by Gasteiger charge is 2.24. The molecular weight excluding hydrogens is 274 g/mol. The minimum atomic E-state index is 0.0624. The van der Waals surface area contributed by atoms with Crippen LogP contribution in [0.4, 0.5) is 0 Å². The predicted octanol–water partition coefficient (Wildman–Crippen LogP) is 2.72. The van der Waals surface area contributed by atoms with E-state index in [0.29, 0.717) is 17.4 Å². The number of hydrogen-bond donors (Lipinski definition) is 0. The number of halogens is 1. The lowest BCUT2D eigenvalue weighted by atomic mass is 9.99. The second-order valence-electron chi connectivity index (χ2n) is 5.17. The molecule has 0 saturated carbocycles. The third-order valence-corrected chi connectivity index (χ3v) is 4.18. The third kappa shape index (κ3) is 2.61. The maximum Gasteiger partial charge on any atom is 0.253 e. The van der Waals surface area contributed by atoms with Crippen molar-refractivity contribution in [1.29, 1.82) is 0 Å². The first-order chi connectivity index (χ1) is 9.78. The summed E-state index contributed by atoms with van der Waals surface area (Å²) in [7, 11) is 0. The topological polar surface area (TPSA) is 46.1 Å². The van der Waals surface area contributed by atoms with Crippen molar-refractivity contribution in [1.82, 2.24) is 14.9 Å². The van der Waals surface area contributed by atoms with E-state index < -0.39 is 0 Å². The standard InChI is InChI=1S/C15H16ClN3O/c16-9-11-2-1-7-19(10-11)15(20)12-3-4-13-14(8-12)18-6-5-17-13/h3-6,8,11H,1-2,7,9-10H2. The van der Waals surface area contributed by atoms with E-state index in [1.807, 2.05) is 23.1 Å². The van der Waals surface area contributed by atoms with Gasteiger partial charge in [-0.15, -0.1) is 11.6 Å². The third-order valence-electron chi connectivity index (χ3n) is 3.74. The number of fused-ring (bicyclic) bond motifs is 1. The number of nitrogens with zero attached hydrogens (tertiary/aromatic N) is 3. The van der Waals surface area contributed by atoms with Gasteiger partial charge in [-0.05, 0) is 37.0 Å². The van der Waals surface area contributed by atoms with Crippen molar-refractivity contribution in [2.24, 2.45) is 5.92 Å². The number of rotatable bonds is 2. The lowest BCUT2D eigenvalue weighted by Gasteiger charge is -2.31. The zero-order valence-corrected chi connectivity index (χ0v) is 11.9. The number of piperidine rings is 1. The zero-order valence-electron chi connectivity index (χ0n) is 11.1. The molecule has 2 heterocycles. The molecule has 5 heteroatoms. The van der Waals surface area contributed by atoms with Crippen LogP contribution in [0.1, 0.15) is 23.2 Å². The average Bonchev–Trinajstić information content (AvgIpc) is 2.53. The number of amides is 1. The van der Waals surface area contributed by atoms with Crippen molar-refractivity contribution < 1.29 is 4.79 Å². The Bertz CT molecular complexity index is 631. The van der Waals surface area contributed by atoms with Crippen LogP contribution in [0.25, 0.3) is 11.0 Å². The molecular formula is C15H16ClN3O. The summed E-state index contributed by atoms with van der Waals surface area (Å²) in [5, 5.41) is 0. The van der Waals surface area contributed by atoms with E-state index in [-0.39, 0.29) is 5.91 Å². The molecule has 3 rings (SSSR count). The van der Waals surface area contributed by atoms with Crippen LogP contribution in [-0.2, 0) is 0 Å². The minimum absolute atomic E-state index is 0.0624. The van der Waals surface area contributed by atoms with Gasteiger partial charge in [-0.3, -0.25) is 14.8 Å². The van der Waals surface area contributed by atoms with Gasteiger partial charge in [0.1, 0.15) is 0 Å². The lowest BCUT2D eigenvalue weighted by Crippen LogP contribution is -2.40. The van der Waals surface area contributed by atoms with E-state index in [2.05, 4.69) is 9.97 Å². The van der Waals surface area contributed by atoms with Gasteiger partial charge in [0.2, 0.25) is 0 Å². The average molecular weight is 290 g/mol. The highest BCUT2D eigenvalue weighted by molar-refractivity contribution is 6.18. The molecule has 1 aromatic carbocycles. The van der Waals surface area contributed by atoms with Gasteiger partial charge in [-0.25, -0.2) is 0 Å². The molecule has 1 aliphatic heterocycles. The van der Waals surface area contributed by atoms with Crippen molar-refractivity contribution in [2.45, 2.75) is 12.8 Å².